The van der Waals surface area contributed by atoms with Gasteiger partial charge in [0, 0.05) is 0 Å². The van der Waals surface area contributed by atoms with Crippen molar-refractivity contribution in [1.82, 2.24) is 14.6 Å². The standard InChI is InChI=1S/C9H9N3O/c1-6-4-12-9(7(2)11-6)8(5-13)3-10-12/h3-5H,1-2H3. The smallest absolute Gasteiger partial charge is 0.153 e. The van der Waals surface area contributed by atoms with Crippen LogP contribution in [0, 0.1) is 13.8 Å². The van der Waals surface area contributed by atoms with Gasteiger partial charge in [-0.2, -0.15) is 5.10 Å². The van der Waals surface area contributed by atoms with Gasteiger partial charge in [-0.25, -0.2) is 4.52 Å². The van der Waals surface area contributed by atoms with Crippen molar-refractivity contribution in [3.8, 4) is 0 Å². The molecule has 2 aromatic rings. The Labute approximate surface area is 75.2 Å². The van der Waals surface area contributed by atoms with Crippen LogP contribution >= 0.6 is 0 Å². The molecule has 4 heteroatoms. The van der Waals surface area contributed by atoms with Crippen molar-refractivity contribution in [3.63, 3.8) is 0 Å². The summed E-state index contributed by atoms with van der Waals surface area (Å²) >= 11 is 0. The molecule has 66 valence electrons. The summed E-state index contributed by atoms with van der Waals surface area (Å²) < 4.78 is 1.68. The zero-order chi connectivity index (χ0) is 9.42. The van der Waals surface area contributed by atoms with E-state index in [0.29, 0.717) is 5.56 Å². The van der Waals surface area contributed by atoms with Crippen LogP contribution in [0.1, 0.15) is 21.7 Å². The summed E-state index contributed by atoms with van der Waals surface area (Å²) in [5, 5.41) is 4.06. The lowest BCUT2D eigenvalue weighted by atomic mass is 10.2. The number of aryl methyl sites for hydroxylation is 2. The van der Waals surface area contributed by atoms with Crippen LogP contribution in [0.15, 0.2) is 12.4 Å². The van der Waals surface area contributed by atoms with Gasteiger partial charge >= 0.3 is 0 Å². The zero-order valence-electron chi connectivity index (χ0n) is 7.48. The van der Waals surface area contributed by atoms with E-state index in [4.69, 9.17) is 0 Å². The Morgan fingerprint density at radius 2 is 2.23 bits per heavy atom. The molecule has 13 heavy (non-hydrogen) atoms. The molecule has 0 amide bonds. The molecule has 0 saturated heterocycles. The van der Waals surface area contributed by atoms with Crippen molar-refractivity contribution in [3.05, 3.63) is 29.3 Å². The van der Waals surface area contributed by atoms with E-state index in [2.05, 4.69) is 10.1 Å². The minimum atomic E-state index is 0.588. The summed E-state index contributed by atoms with van der Waals surface area (Å²) in [5.41, 5.74) is 3.11. The maximum atomic E-state index is 10.6. The summed E-state index contributed by atoms with van der Waals surface area (Å²) in [6.45, 7) is 3.77. The first kappa shape index (κ1) is 7.91. The van der Waals surface area contributed by atoms with Gasteiger partial charge in [0.05, 0.1) is 34.9 Å². The molecular formula is C9H9N3O. The molecular weight excluding hydrogens is 166 g/mol. The molecule has 0 atom stereocenters. The normalized spacial score (nSPS) is 10.6. The Bertz CT molecular complexity index is 473. The molecule has 0 radical (unpaired) electrons. The maximum Gasteiger partial charge on any atom is 0.153 e. The summed E-state index contributed by atoms with van der Waals surface area (Å²) in [6, 6.07) is 0. The largest absolute Gasteiger partial charge is 0.298 e. The molecule has 2 aromatic heterocycles. The lowest BCUT2D eigenvalue weighted by Gasteiger charge is -1.99. The topological polar surface area (TPSA) is 47.3 Å². The number of hydrogen-bond donors (Lipinski definition) is 0. The van der Waals surface area contributed by atoms with Crippen LogP contribution in [0.5, 0.6) is 0 Å². The number of rotatable bonds is 1. The van der Waals surface area contributed by atoms with Crippen LogP contribution in [0.3, 0.4) is 0 Å². The van der Waals surface area contributed by atoms with Gasteiger partial charge in [-0.05, 0) is 13.8 Å². The van der Waals surface area contributed by atoms with Crippen LogP contribution in [0.2, 0.25) is 0 Å². The number of carbonyl (C=O) groups excluding carboxylic acids is 1. The van der Waals surface area contributed by atoms with Gasteiger partial charge in [0.25, 0.3) is 0 Å². The van der Waals surface area contributed by atoms with Gasteiger partial charge in [0.15, 0.2) is 6.29 Å². The van der Waals surface area contributed by atoms with Crippen LogP contribution in [-0.2, 0) is 0 Å². The predicted molar refractivity (Wildman–Crippen MR) is 47.8 cm³/mol. The second-order valence-corrected chi connectivity index (χ2v) is 2.98. The molecule has 0 unspecified atom stereocenters. The highest BCUT2D eigenvalue weighted by atomic mass is 16.1. The lowest BCUT2D eigenvalue weighted by Crippen LogP contribution is -1.96. The highest BCUT2D eigenvalue weighted by Crippen LogP contribution is 2.12. The minimum absolute atomic E-state index is 0.588. The van der Waals surface area contributed by atoms with E-state index in [9.17, 15) is 4.79 Å². The molecule has 0 aromatic carbocycles. The highest BCUT2D eigenvalue weighted by molar-refractivity contribution is 5.86. The average molecular weight is 175 g/mol. The van der Waals surface area contributed by atoms with Crippen molar-refractivity contribution >= 4 is 11.8 Å². The first-order valence-corrected chi connectivity index (χ1v) is 3.99. The Hall–Kier alpha value is -1.71. The monoisotopic (exact) mass is 175 g/mol. The Kier molecular flexibility index (Phi) is 1.62. The number of nitrogens with zero attached hydrogens (tertiary/aromatic N) is 3. The zero-order valence-corrected chi connectivity index (χ0v) is 7.48. The summed E-state index contributed by atoms with van der Waals surface area (Å²) in [4.78, 5) is 14.9. The van der Waals surface area contributed by atoms with E-state index in [1.807, 2.05) is 13.8 Å². The van der Waals surface area contributed by atoms with Gasteiger partial charge < -0.3 is 0 Å². The van der Waals surface area contributed by atoms with Crippen molar-refractivity contribution in [2.45, 2.75) is 13.8 Å². The highest BCUT2D eigenvalue weighted by Gasteiger charge is 2.06. The SMILES string of the molecule is Cc1cn2ncc(C=O)c2c(C)n1. The van der Waals surface area contributed by atoms with Crippen LogP contribution in [0.25, 0.3) is 5.52 Å². The molecule has 0 saturated carbocycles. The van der Waals surface area contributed by atoms with Gasteiger partial charge in [0.2, 0.25) is 0 Å². The van der Waals surface area contributed by atoms with Crippen molar-refractivity contribution in [2.75, 3.05) is 0 Å². The number of aromatic nitrogens is 3. The van der Waals surface area contributed by atoms with E-state index in [1.54, 1.807) is 16.9 Å². The summed E-state index contributed by atoms with van der Waals surface area (Å²) in [7, 11) is 0. The molecule has 0 aliphatic carbocycles. The fourth-order valence-corrected chi connectivity index (χ4v) is 1.46. The van der Waals surface area contributed by atoms with Crippen molar-refractivity contribution in [1.29, 1.82) is 0 Å². The molecule has 0 bridgehead atoms. The summed E-state index contributed by atoms with van der Waals surface area (Å²) in [6.07, 6.45) is 4.15. The van der Waals surface area contributed by atoms with Gasteiger partial charge in [-0.15, -0.1) is 0 Å². The number of carbonyl (C=O) groups is 1. The van der Waals surface area contributed by atoms with Crippen LogP contribution in [-0.4, -0.2) is 20.9 Å². The fraction of sp³-hybridized carbons (Fsp3) is 0.222. The van der Waals surface area contributed by atoms with Crippen LogP contribution < -0.4 is 0 Å². The number of hydrogen-bond acceptors (Lipinski definition) is 3. The first-order valence-electron chi connectivity index (χ1n) is 3.99. The second-order valence-electron chi connectivity index (χ2n) is 2.98. The van der Waals surface area contributed by atoms with Crippen LogP contribution in [0.4, 0.5) is 0 Å². The molecule has 0 N–H and O–H groups in total. The third-order valence-electron chi connectivity index (χ3n) is 1.95. The summed E-state index contributed by atoms with van der Waals surface area (Å²) in [5.74, 6) is 0. The lowest BCUT2D eigenvalue weighted by molar-refractivity contribution is 0.112. The van der Waals surface area contributed by atoms with E-state index >= 15 is 0 Å². The Morgan fingerprint density at radius 3 is 2.92 bits per heavy atom. The van der Waals surface area contributed by atoms with E-state index < -0.39 is 0 Å². The number of aldehydes is 1. The molecule has 2 rings (SSSR count). The van der Waals surface area contributed by atoms with Gasteiger partial charge in [-0.3, -0.25) is 9.78 Å². The van der Waals surface area contributed by atoms with E-state index in [-0.39, 0.29) is 0 Å². The number of fused-ring (bicyclic) bond motifs is 1. The van der Waals surface area contributed by atoms with E-state index in [1.165, 1.54) is 0 Å². The maximum absolute atomic E-state index is 10.6. The third-order valence-corrected chi connectivity index (χ3v) is 1.95. The third kappa shape index (κ3) is 1.11. The molecule has 0 spiro atoms. The molecule has 2 heterocycles. The molecule has 0 aliphatic heterocycles. The molecule has 0 fully saturated rings. The minimum Gasteiger partial charge on any atom is -0.298 e. The second kappa shape index (κ2) is 2.65. The van der Waals surface area contributed by atoms with Crippen molar-refractivity contribution in [2.24, 2.45) is 0 Å². The van der Waals surface area contributed by atoms with Crippen molar-refractivity contribution < 1.29 is 4.79 Å². The van der Waals surface area contributed by atoms with Gasteiger partial charge in [-0.1, -0.05) is 0 Å². The van der Waals surface area contributed by atoms with Gasteiger partial charge in [0.1, 0.15) is 0 Å². The molecule has 0 aliphatic rings. The average Bonchev–Trinajstić information content (AvgIpc) is 2.47. The molecule has 4 nitrogen and oxygen atoms in total. The quantitative estimate of drug-likeness (QED) is 0.611. The Morgan fingerprint density at radius 1 is 1.46 bits per heavy atom. The predicted octanol–water partition coefficient (Wildman–Crippen LogP) is 1.16. The fourth-order valence-electron chi connectivity index (χ4n) is 1.46. The van der Waals surface area contributed by atoms with E-state index in [0.717, 1.165) is 23.2 Å². The first-order chi connectivity index (χ1) is 6.22. The Balaban J connectivity index is 2.89.